The first kappa shape index (κ1) is 12.3. The van der Waals surface area contributed by atoms with Crippen molar-refractivity contribution in [3.8, 4) is 5.75 Å². The van der Waals surface area contributed by atoms with Crippen molar-refractivity contribution in [1.29, 1.82) is 0 Å². The Morgan fingerprint density at radius 3 is 2.38 bits per heavy atom. The van der Waals surface area contributed by atoms with Crippen molar-refractivity contribution in [3.05, 3.63) is 41.6 Å². The van der Waals surface area contributed by atoms with Crippen LogP contribution in [0.25, 0.3) is 0 Å². The summed E-state index contributed by atoms with van der Waals surface area (Å²) in [5.74, 6) is 0.827. The van der Waals surface area contributed by atoms with Crippen molar-refractivity contribution in [2.24, 2.45) is 0 Å². The van der Waals surface area contributed by atoms with Gasteiger partial charge in [0.25, 0.3) is 0 Å². The van der Waals surface area contributed by atoms with E-state index in [0.29, 0.717) is 6.42 Å². The van der Waals surface area contributed by atoms with Crippen LogP contribution in [-0.4, -0.2) is 32.4 Å². The second kappa shape index (κ2) is 5.95. The minimum atomic E-state index is 0.645. The summed E-state index contributed by atoms with van der Waals surface area (Å²) in [5.41, 5.74) is 1.86. The lowest BCUT2D eigenvalue weighted by atomic mass is 10.1. The van der Waals surface area contributed by atoms with E-state index in [-0.39, 0.29) is 0 Å². The first-order valence-corrected chi connectivity index (χ1v) is 5.11. The molecule has 0 spiro atoms. The van der Waals surface area contributed by atoms with Crippen LogP contribution < -0.4 is 4.74 Å². The number of hydrogen-bond acceptors (Lipinski definition) is 3. The van der Waals surface area contributed by atoms with E-state index in [2.05, 4.69) is 0 Å². The molecule has 0 aromatic heterocycles. The Labute approximate surface area is 96.3 Å². The summed E-state index contributed by atoms with van der Waals surface area (Å²) >= 11 is 0. The molecule has 0 aliphatic rings. The standard InChI is InChI=1S/C13H17NO2/c1-14(2)9-12(10-15)8-11-4-6-13(16-3)7-5-11/h4-7,9-10H,8H2,1-3H3/b12-9+. The average molecular weight is 219 g/mol. The van der Waals surface area contributed by atoms with Gasteiger partial charge >= 0.3 is 0 Å². The van der Waals surface area contributed by atoms with Gasteiger partial charge in [0.15, 0.2) is 0 Å². The van der Waals surface area contributed by atoms with E-state index in [0.717, 1.165) is 23.2 Å². The molecule has 3 nitrogen and oxygen atoms in total. The maximum absolute atomic E-state index is 10.8. The van der Waals surface area contributed by atoms with E-state index in [1.807, 2.05) is 49.5 Å². The number of ether oxygens (including phenoxy) is 1. The van der Waals surface area contributed by atoms with Crippen molar-refractivity contribution in [2.45, 2.75) is 6.42 Å². The minimum Gasteiger partial charge on any atom is -0.497 e. The van der Waals surface area contributed by atoms with Crippen molar-refractivity contribution >= 4 is 6.29 Å². The van der Waals surface area contributed by atoms with Crippen LogP contribution in [0.3, 0.4) is 0 Å². The third kappa shape index (κ3) is 3.77. The molecule has 0 aliphatic carbocycles. The number of benzene rings is 1. The predicted octanol–water partition coefficient (Wildman–Crippen LogP) is 1.88. The van der Waals surface area contributed by atoms with Gasteiger partial charge in [0.1, 0.15) is 12.0 Å². The summed E-state index contributed by atoms with van der Waals surface area (Å²) in [6.07, 6.45) is 3.37. The molecule has 1 rings (SSSR count). The Hall–Kier alpha value is -1.77. The summed E-state index contributed by atoms with van der Waals surface area (Å²) in [4.78, 5) is 12.7. The Morgan fingerprint density at radius 2 is 1.94 bits per heavy atom. The summed E-state index contributed by atoms with van der Waals surface area (Å²) in [6, 6.07) is 7.72. The van der Waals surface area contributed by atoms with E-state index < -0.39 is 0 Å². The molecule has 0 saturated heterocycles. The van der Waals surface area contributed by atoms with Crippen LogP contribution in [0, 0.1) is 0 Å². The number of carbonyl (C=O) groups is 1. The van der Waals surface area contributed by atoms with Crippen LogP contribution >= 0.6 is 0 Å². The van der Waals surface area contributed by atoms with E-state index in [1.165, 1.54) is 0 Å². The predicted molar refractivity (Wildman–Crippen MR) is 64.5 cm³/mol. The van der Waals surface area contributed by atoms with E-state index in [1.54, 1.807) is 7.11 Å². The molecule has 1 aromatic carbocycles. The van der Waals surface area contributed by atoms with Crippen LogP contribution in [0.15, 0.2) is 36.0 Å². The number of methoxy groups -OCH3 is 1. The van der Waals surface area contributed by atoms with Crippen LogP contribution in [0.2, 0.25) is 0 Å². The first-order chi connectivity index (χ1) is 7.65. The van der Waals surface area contributed by atoms with Crippen molar-refractivity contribution in [3.63, 3.8) is 0 Å². The molecule has 0 unspecified atom stereocenters. The molecular formula is C13H17NO2. The zero-order valence-electron chi connectivity index (χ0n) is 9.93. The lowest BCUT2D eigenvalue weighted by molar-refractivity contribution is -0.105. The van der Waals surface area contributed by atoms with Gasteiger partial charge in [-0.05, 0) is 17.7 Å². The Morgan fingerprint density at radius 1 is 1.31 bits per heavy atom. The number of allylic oxidation sites excluding steroid dienone is 1. The van der Waals surface area contributed by atoms with Gasteiger partial charge in [0, 0.05) is 32.3 Å². The average Bonchev–Trinajstić information content (AvgIpc) is 2.28. The zero-order chi connectivity index (χ0) is 12.0. The highest BCUT2D eigenvalue weighted by atomic mass is 16.5. The van der Waals surface area contributed by atoms with Gasteiger partial charge in [-0.1, -0.05) is 12.1 Å². The van der Waals surface area contributed by atoms with E-state index in [4.69, 9.17) is 4.74 Å². The van der Waals surface area contributed by atoms with Crippen molar-refractivity contribution in [1.82, 2.24) is 4.90 Å². The zero-order valence-corrected chi connectivity index (χ0v) is 9.93. The smallest absolute Gasteiger partial charge is 0.147 e. The lowest BCUT2D eigenvalue weighted by Crippen LogP contribution is -2.05. The molecule has 0 radical (unpaired) electrons. The van der Waals surface area contributed by atoms with Gasteiger partial charge in [0.05, 0.1) is 7.11 Å². The summed E-state index contributed by atoms with van der Waals surface area (Å²) < 4.78 is 5.07. The minimum absolute atomic E-state index is 0.645. The molecule has 1 aromatic rings. The molecule has 0 fully saturated rings. The largest absolute Gasteiger partial charge is 0.497 e. The Balaban J connectivity index is 2.74. The number of hydrogen-bond donors (Lipinski definition) is 0. The molecule has 86 valence electrons. The molecule has 0 heterocycles. The summed E-state index contributed by atoms with van der Waals surface area (Å²) in [6.45, 7) is 0. The Bertz CT molecular complexity index is 366. The Kier molecular flexibility index (Phi) is 4.58. The third-order valence-corrected chi connectivity index (χ3v) is 2.14. The molecule has 16 heavy (non-hydrogen) atoms. The van der Waals surface area contributed by atoms with Gasteiger partial charge in [-0.15, -0.1) is 0 Å². The fourth-order valence-electron chi connectivity index (χ4n) is 1.43. The monoisotopic (exact) mass is 219 g/mol. The van der Waals surface area contributed by atoms with Crippen molar-refractivity contribution in [2.75, 3.05) is 21.2 Å². The van der Waals surface area contributed by atoms with Gasteiger partial charge in [-0.2, -0.15) is 0 Å². The molecule has 0 bridgehead atoms. The number of carbonyl (C=O) groups excluding carboxylic acids is 1. The number of rotatable bonds is 5. The quantitative estimate of drug-likeness (QED) is 0.559. The van der Waals surface area contributed by atoms with Gasteiger partial charge in [0.2, 0.25) is 0 Å². The molecule has 3 heteroatoms. The molecule has 0 amide bonds. The van der Waals surface area contributed by atoms with Crippen LogP contribution in [0.5, 0.6) is 5.75 Å². The summed E-state index contributed by atoms with van der Waals surface area (Å²) in [7, 11) is 5.44. The highest BCUT2D eigenvalue weighted by Gasteiger charge is 1.99. The third-order valence-electron chi connectivity index (χ3n) is 2.14. The highest BCUT2D eigenvalue weighted by Crippen LogP contribution is 2.13. The molecule has 0 atom stereocenters. The number of aldehydes is 1. The normalized spacial score (nSPS) is 11.1. The summed E-state index contributed by atoms with van der Waals surface area (Å²) in [5, 5.41) is 0. The van der Waals surface area contributed by atoms with Crippen LogP contribution in [-0.2, 0) is 11.2 Å². The second-order valence-electron chi connectivity index (χ2n) is 3.81. The first-order valence-electron chi connectivity index (χ1n) is 5.11. The fraction of sp³-hybridized carbons (Fsp3) is 0.308. The second-order valence-corrected chi connectivity index (χ2v) is 3.81. The maximum atomic E-state index is 10.8. The maximum Gasteiger partial charge on any atom is 0.147 e. The van der Waals surface area contributed by atoms with Crippen LogP contribution in [0.4, 0.5) is 0 Å². The molecule has 0 saturated carbocycles. The van der Waals surface area contributed by atoms with Crippen LogP contribution in [0.1, 0.15) is 5.56 Å². The van der Waals surface area contributed by atoms with Gasteiger partial charge in [-0.3, -0.25) is 4.79 Å². The highest BCUT2D eigenvalue weighted by molar-refractivity contribution is 5.73. The topological polar surface area (TPSA) is 29.5 Å². The van der Waals surface area contributed by atoms with E-state index >= 15 is 0 Å². The van der Waals surface area contributed by atoms with Gasteiger partial charge in [-0.25, -0.2) is 0 Å². The van der Waals surface area contributed by atoms with Crippen molar-refractivity contribution < 1.29 is 9.53 Å². The molecule has 0 aliphatic heterocycles. The fourth-order valence-corrected chi connectivity index (χ4v) is 1.43. The SMILES string of the molecule is COc1ccc(C/C(C=O)=C\N(C)C)cc1. The van der Waals surface area contributed by atoms with Gasteiger partial charge < -0.3 is 9.64 Å². The molecule has 0 N–H and O–H groups in total. The molecular weight excluding hydrogens is 202 g/mol. The lowest BCUT2D eigenvalue weighted by Gasteiger charge is -2.08. The number of nitrogens with zero attached hydrogens (tertiary/aromatic N) is 1. The van der Waals surface area contributed by atoms with E-state index in [9.17, 15) is 4.79 Å².